The summed E-state index contributed by atoms with van der Waals surface area (Å²) in [4.78, 5) is 0. The highest BCUT2D eigenvalue weighted by Gasteiger charge is 2.07. The minimum Gasteiger partial charge on any atom is -0.382 e. The fraction of sp³-hybridized carbons (Fsp3) is 1.00. The quantitative estimate of drug-likeness (QED) is 0.536. The SMILES string of the molecule is CCCC(CCCOCCOC)CNC(C)C. The first kappa shape index (κ1) is 16.9. The molecule has 0 bridgehead atoms. The lowest BCUT2D eigenvalue weighted by molar-refractivity contribution is 0.0670. The van der Waals surface area contributed by atoms with Crippen LogP contribution < -0.4 is 5.32 Å². The third-order valence-corrected chi connectivity index (χ3v) is 2.84. The molecule has 1 atom stereocenters. The Morgan fingerprint density at radius 3 is 2.41 bits per heavy atom. The van der Waals surface area contributed by atoms with E-state index in [0.717, 1.165) is 32.1 Å². The van der Waals surface area contributed by atoms with Crippen LogP contribution in [0.5, 0.6) is 0 Å². The molecule has 17 heavy (non-hydrogen) atoms. The summed E-state index contributed by atoms with van der Waals surface area (Å²) in [6, 6.07) is 0.590. The predicted molar refractivity (Wildman–Crippen MR) is 73.5 cm³/mol. The second-order valence-corrected chi connectivity index (χ2v) is 4.97. The average molecular weight is 245 g/mol. The van der Waals surface area contributed by atoms with Gasteiger partial charge in [0.15, 0.2) is 0 Å². The van der Waals surface area contributed by atoms with Crippen LogP contribution in [0.2, 0.25) is 0 Å². The first-order valence-electron chi connectivity index (χ1n) is 7.00. The second kappa shape index (κ2) is 12.3. The third-order valence-electron chi connectivity index (χ3n) is 2.84. The van der Waals surface area contributed by atoms with Crippen molar-refractivity contribution in [1.29, 1.82) is 0 Å². The molecule has 0 amide bonds. The predicted octanol–water partition coefficient (Wildman–Crippen LogP) is 2.84. The van der Waals surface area contributed by atoms with E-state index in [4.69, 9.17) is 9.47 Å². The van der Waals surface area contributed by atoms with Crippen molar-refractivity contribution in [1.82, 2.24) is 5.32 Å². The molecular weight excluding hydrogens is 214 g/mol. The van der Waals surface area contributed by atoms with Gasteiger partial charge in [-0.2, -0.15) is 0 Å². The molecule has 0 spiro atoms. The Balaban J connectivity index is 3.48. The van der Waals surface area contributed by atoms with Gasteiger partial charge in [0.2, 0.25) is 0 Å². The monoisotopic (exact) mass is 245 g/mol. The van der Waals surface area contributed by atoms with Crippen molar-refractivity contribution < 1.29 is 9.47 Å². The van der Waals surface area contributed by atoms with Crippen LogP contribution in [0.15, 0.2) is 0 Å². The first-order chi connectivity index (χ1) is 8.20. The molecule has 0 aliphatic carbocycles. The maximum Gasteiger partial charge on any atom is 0.0700 e. The number of hydrogen-bond acceptors (Lipinski definition) is 3. The van der Waals surface area contributed by atoms with E-state index in [-0.39, 0.29) is 0 Å². The van der Waals surface area contributed by atoms with Crippen LogP contribution in [0.3, 0.4) is 0 Å². The Bertz CT molecular complexity index is 151. The number of hydrogen-bond donors (Lipinski definition) is 1. The Hall–Kier alpha value is -0.120. The number of nitrogens with one attached hydrogen (secondary N) is 1. The summed E-state index contributed by atoms with van der Waals surface area (Å²) in [5.74, 6) is 0.799. The number of methoxy groups -OCH3 is 1. The largest absolute Gasteiger partial charge is 0.382 e. The summed E-state index contributed by atoms with van der Waals surface area (Å²) in [6.45, 7) is 10.1. The van der Waals surface area contributed by atoms with Crippen LogP contribution in [-0.2, 0) is 9.47 Å². The van der Waals surface area contributed by atoms with Crippen LogP contribution in [0, 0.1) is 5.92 Å². The lowest BCUT2D eigenvalue weighted by Crippen LogP contribution is -2.29. The standard InChI is InChI=1S/C14H31NO2/c1-5-7-14(12-15-13(2)3)8-6-9-17-11-10-16-4/h13-15H,5-12H2,1-4H3. The molecule has 104 valence electrons. The normalized spacial score (nSPS) is 13.2. The van der Waals surface area contributed by atoms with Crippen LogP contribution in [0.1, 0.15) is 46.5 Å². The van der Waals surface area contributed by atoms with Crippen molar-refractivity contribution in [3.63, 3.8) is 0 Å². The zero-order valence-corrected chi connectivity index (χ0v) is 12.1. The van der Waals surface area contributed by atoms with Crippen LogP contribution in [-0.4, -0.2) is 39.5 Å². The topological polar surface area (TPSA) is 30.5 Å². The van der Waals surface area contributed by atoms with E-state index in [1.54, 1.807) is 7.11 Å². The first-order valence-corrected chi connectivity index (χ1v) is 7.00. The Labute approximate surface area is 107 Å². The van der Waals surface area contributed by atoms with E-state index in [1.807, 2.05) is 0 Å². The highest BCUT2D eigenvalue weighted by Crippen LogP contribution is 2.12. The molecule has 1 N–H and O–H groups in total. The number of ether oxygens (including phenoxy) is 2. The number of rotatable bonds is 12. The molecule has 0 saturated carbocycles. The van der Waals surface area contributed by atoms with Gasteiger partial charge in [0.05, 0.1) is 13.2 Å². The second-order valence-electron chi connectivity index (χ2n) is 4.97. The lowest BCUT2D eigenvalue weighted by atomic mass is 9.98. The third kappa shape index (κ3) is 12.1. The van der Waals surface area contributed by atoms with E-state index in [2.05, 4.69) is 26.1 Å². The van der Waals surface area contributed by atoms with Gasteiger partial charge in [-0.15, -0.1) is 0 Å². The van der Waals surface area contributed by atoms with Gasteiger partial charge in [0.25, 0.3) is 0 Å². The molecule has 0 heterocycles. The van der Waals surface area contributed by atoms with Gasteiger partial charge >= 0.3 is 0 Å². The molecule has 0 rings (SSSR count). The molecule has 1 unspecified atom stereocenters. The lowest BCUT2D eigenvalue weighted by Gasteiger charge is -2.18. The molecule has 0 aliphatic rings. The molecule has 0 saturated heterocycles. The van der Waals surface area contributed by atoms with Gasteiger partial charge < -0.3 is 14.8 Å². The van der Waals surface area contributed by atoms with Gasteiger partial charge in [-0.25, -0.2) is 0 Å². The molecule has 0 radical (unpaired) electrons. The summed E-state index contributed by atoms with van der Waals surface area (Å²) in [5, 5.41) is 3.53. The minimum absolute atomic E-state index is 0.590. The van der Waals surface area contributed by atoms with Gasteiger partial charge in [-0.3, -0.25) is 0 Å². The van der Waals surface area contributed by atoms with Crippen molar-refractivity contribution in [2.45, 2.75) is 52.5 Å². The summed E-state index contributed by atoms with van der Waals surface area (Å²) in [5.41, 5.74) is 0. The van der Waals surface area contributed by atoms with E-state index < -0.39 is 0 Å². The van der Waals surface area contributed by atoms with Crippen LogP contribution >= 0.6 is 0 Å². The zero-order chi connectivity index (χ0) is 12.9. The fourth-order valence-electron chi connectivity index (χ4n) is 1.88. The Morgan fingerprint density at radius 1 is 1.06 bits per heavy atom. The molecule has 0 aromatic carbocycles. The molecule has 3 heteroatoms. The summed E-state index contributed by atoms with van der Waals surface area (Å²) >= 11 is 0. The van der Waals surface area contributed by atoms with Crippen molar-refractivity contribution in [2.24, 2.45) is 5.92 Å². The molecule has 0 aromatic heterocycles. The molecule has 0 aromatic rings. The van der Waals surface area contributed by atoms with Gasteiger partial charge in [0.1, 0.15) is 0 Å². The highest BCUT2D eigenvalue weighted by molar-refractivity contribution is 4.64. The molecule has 0 aliphatic heterocycles. The zero-order valence-electron chi connectivity index (χ0n) is 12.1. The van der Waals surface area contributed by atoms with Crippen molar-refractivity contribution in [3.05, 3.63) is 0 Å². The smallest absolute Gasteiger partial charge is 0.0700 e. The van der Waals surface area contributed by atoms with Crippen molar-refractivity contribution in [2.75, 3.05) is 33.5 Å². The maximum atomic E-state index is 5.48. The Kier molecular flexibility index (Phi) is 12.3. The van der Waals surface area contributed by atoms with Gasteiger partial charge in [-0.1, -0.05) is 27.2 Å². The van der Waals surface area contributed by atoms with Gasteiger partial charge in [-0.05, 0) is 31.7 Å². The van der Waals surface area contributed by atoms with E-state index in [0.29, 0.717) is 12.6 Å². The van der Waals surface area contributed by atoms with Gasteiger partial charge in [0, 0.05) is 19.8 Å². The summed E-state index contributed by atoms with van der Waals surface area (Å²) < 4.78 is 10.4. The minimum atomic E-state index is 0.590. The Morgan fingerprint density at radius 2 is 1.82 bits per heavy atom. The average Bonchev–Trinajstić information content (AvgIpc) is 2.30. The summed E-state index contributed by atoms with van der Waals surface area (Å²) in [6.07, 6.45) is 5.02. The van der Waals surface area contributed by atoms with Crippen LogP contribution in [0.25, 0.3) is 0 Å². The van der Waals surface area contributed by atoms with E-state index in [9.17, 15) is 0 Å². The van der Waals surface area contributed by atoms with E-state index in [1.165, 1.54) is 19.3 Å². The maximum absolute atomic E-state index is 5.48. The molecule has 0 fully saturated rings. The fourth-order valence-corrected chi connectivity index (χ4v) is 1.88. The molecule has 3 nitrogen and oxygen atoms in total. The van der Waals surface area contributed by atoms with Crippen LogP contribution in [0.4, 0.5) is 0 Å². The molecular formula is C14H31NO2. The van der Waals surface area contributed by atoms with E-state index >= 15 is 0 Å². The van der Waals surface area contributed by atoms with Crippen molar-refractivity contribution >= 4 is 0 Å². The summed E-state index contributed by atoms with van der Waals surface area (Å²) in [7, 11) is 1.71. The van der Waals surface area contributed by atoms with Crippen molar-refractivity contribution in [3.8, 4) is 0 Å². The highest BCUT2D eigenvalue weighted by atomic mass is 16.5.